The topological polar surface area (TPSA) is 15.4 Å². The van der Waals surface area contributed by atoms with Crippen LogP contribution in [0.2, 0.25) is 0 Å². The zero-order valence-electron chi connectivity index (χ0n) is 14.3. The van der Waals surface area contributed by atoms with E-state index in [1.54, 1.807) is 5.71 Å². The van der Waals surface area contributed by atoms with Gasteiger partial charge in [0.25, 0.3) is 0 Å². The van der Waals surface area contributed by atoms with E-state index in [-0.39, 0.29) is 0 Å². The van der Waals surface area contributed by atoms with Gasteiger partial charge >= 0.3 is 0 Å². The molecule has 0 amide bonds. The monoisotopic (exact) mass is 310 g/mol. The molecule has 2 aliphatic carbocycles. The Morgan fingerprint density at radius 1 is 0.783 bits per heavy atom. The molecule has 23 heavy (non-hydrogen) atoms. The van der Waals surface area contributed by atoms with Crippen LogP contribution >= 0.6 is 0 Å². The summed E-state index contributed by atoms with van der Waals surface area (Å²) in [4.78, 5) is 0. The van der Waals surface area contributed by atoms with Crippen LogP contribution in [0.4, 0.5) is 0 Å². The van der Waals surface area contributed by atoms with Crippen molar-refractivity contribution in [1.82, 2.24) is 5.01 Å². The Bertz CT molecular complexity index is 504. The fourth-order valence-electron chi connectivity index (χ4n) is 4.63. The number of rotatable bonds is 4. The van der Waals surface area contributed by atoms with Crippen LogP contribution in [-0.4, -0.2) is 17.3 Å². The zero-order chi connectivity index (χ0) is 15.5. The normalized spacial score (nSPS) is 26.1. The SMILES string of the molecule is c1ccc(C2CN2N=C(C2CCCCC2)C2CCCCC2)cc1. The molecule has 2 heteroatoms. The lowest BCUT2D eigenvalue weighted by molar-refractivity contribution is 0.378. The third-order valence-electron chi connectivity index (χ3n) is 6.06. The Balaban J connectivity index is 1.50. The Hall–Kier alpha value is -1.31. The van der Waals surface area contributed by atoms with Gasteiger partial charge in [0.1, 0.15) is 0 Å². The van der Waals surface area contributed by atoms with E-state index in [4.69, 9.17) is 5.10 Å². The average molecular weight is 310 g/mol. The number of nitrogens with zero attached hydrogens (tertiary/aromatic N) is 2. The lowest BCUT2D eigenvalue weighted by Crippen LogP contribution is -2.28. The predicted molar refractivity (Wildman–Crippen MR) is 96.5 cm³/mol. The highest BCUT2D eigenvalue weighted by atomic mass is 15.6. The van der Waals surface area contributed by atoms with E-state index < -0.39 is 0 Å². The minimum atomic E-state index is 0.540. The zero-order valence-corrected chi connectivity index (χ0v) is 14.3. The average Bonchev–Trinajstić information content (AvgIpc) is 3.41. The lowest BCUT2D eigenvalue weighted by atomic mass is 9.76. The van der Waals surface area contributed by atoms with Crippen molar-refractivity contribution in [1.29, 1.82) is 0 Å². The van der Waals surface area contributed by atoms with Gasteiger partial charge in [0, 0.05) is 5.71 Å². The minimum Gasteiger partial charge on any atom is -0.285 e. The van der Waals surface area contributed by atoms with Gasteiger partial charge in [-0.25, -0.2) is 0 Å². The molecule has 3 fully saturated rings. The first kappa shape index (κ1) is 15.2. The number of hydrogen-bond acceptors (Lipinski definition) is 2. The van der Waals surface area contributed by atoms with Gasteiger partial charge in [0.2, 0.25) is 0 Å². The summed E-state index contributed by atoms with van der Waals surface area (Å²) >= 11 is 0. The van der Waals surface area contributed by atoms with E-state index >= 15 is 0 Å². The number of benzene rings is 1. The second-order valence-electron chi connectivity index (χ2n) is 7.74. The largest absolute Gasteiger partial charge is 0.285 e. The van der Waals surface area contributed by atoms with Crippen LogP contribution in [-0.2, 0) is 0 Å². The highest BCUT2D eigenvalue weighted by molar-refractivity contribution is 5.89. The van der Waals surface area contributed by atoms with Crippen molar-refractivity contribution in [3.05, 3.63) is 35.9 Å². The quantitative estimate of drug-likeness (QED) is 0.525. The van der Waals surface area contributed by atoms with Gasteiger partial charge < -0.3 is 0 Å². The molecule has 0 spiro atoms. The highest BCUT2D eigenvalue weighted by Crippen LogP contribution is 2.39. The van der Waals surface area contributed by atoms with Crippen LogP contribution in [0.5, 0.6) is 0 Å². The molecule has 1 aliphatic heterocycles. The smallest absolute Gasteiger partial charge is 0.0912 e. The molecular formula is C21H30N2. The van der Waals surface area contributed by atoms with Crippen molar-refractivity contribution < 1.29 is 0 Å². The molecule has 124 valence electrons. The van der Waals surface area contributed by atoms with Gasteiger partial charge in [-0.05, 0) is 43.1 Å². The molecule has 1 saturated heterocycles. The molecule has 3 aliphatic rings. The molecule has 2 saturated carbocycles. The third-order valence-corrected chi connectivity index (χ3v) is 6.06. The van der Waals surface area contributed by atoms with Crippen LogP contribution in [0.15, 0.2) is 35.4 Å². The van der Waals surface area contributed by atoms with Crippen molar-refractivity contribution in [2.45, 2.75) is 70.3 Å². The Morgan fingerprint density at radius 3 is 1.91 bits per heavy atom. The summed E-state index contributed by atoms with van der Waals surface area (Å²) in [5.41, 5.74) is 3.02. The molecule has 2 nitrogen and oxygen atoms in total. The summed E-state index contributed by atoms with van der Waals surface area (Å²) in [7, 11) is 0. The second-order valence-corrected chi connectivity index (χ2v) is 7.74. The fraction of sp³-hybridized carbons (Fsp3) is 0.667. The Morgan fingerprint density at radius 2 is 1.35 bits per heavy atom. The van der Waals surface area contributed by atoms with E-state index in [1.807, 2.05) is 0 Å². The summed E-state index contributed by atoms with van der Waals surface area (Å²) in [5.74, 6) is 1.56. The molecule has 1 unspecified atom stereocenters. The summed E-state index contributed by atoms with van der Waals surface area (Å²) in [5, 5.41) is 7.60. The van der Waals surface area contributed by atoms with Gasteiger partial charge in [-0.2, -0.15) is 5.10 Å². The summed E-state index contributed by atoms with van der Waals surface area (Å²) < 4.78 is 0. The van der Waals surface area contributed by atoms with Crippen molar-refractivity contribution in [2.75, 3.05) is 6.54 Å². The minimum absolute atomic E-state index is 0.540. The first-order chi connectivity index (χ1) is 11.4. The van der Waals surface area contributed by atoms with Crippen molar-refractivity contribution in [3.63, 3.8) is 0 Å². The van der Waals surface area contributed by atoms with Crippen LogP contribution in [0, 0.1) is 11.8 Å². The molecule has 4 rings (SSSR count). The van der Waals surface area contributed by atoms with E-state index in [1.165, 1.54) is 69.8 Å². The molecular weight excluding hydrogens is 280 g/mol. The molecule has 1 aromatic carbocycles. The van der Waals surface area contributed by atoms with Crippen molar-refractivity contribution >= 4 is 5.71 Å². The molecule has 1 atom stereocenters. The van der Waals surface area contributed by atoms with Crippen molar-refractivity contribution in [2.24, 2.45) is 16.9 Å². The fourth-order valence-corrected chi connectivity index (χ4v) is 4.63. The molecule has 0 N–H and O–H groups in total. The summed E-state index contributed by atoms with van der Waals surface area (Å²) in [6.45, 7) is 1.12. The van der Waals surface area contributed by atoms with Gasteiger partial charge in [-0.15, -0.1) is 0 Å². The van der Waals surface area contributed by atoms with Gasteiger partial charge in [0.15, 0.2) is 0 Å². The summed E-state index contributed by atoms with van der Waals surface area (Å²) in [6, 6.07) is 11.5. The summed E-state index contributed by atoms with van der Waals surface area (Å²) in [6.07, 6.45) is 14.1. The van der Waals surface area contributed by atoms with Crippen molar-refractivity contribution in [3.8, 4) is 0 Å². The first-order valence-electron chi connectivity index (χ1n) is 9.82. The molecule has 0 aromatic heterocycles. The number of hydrogen-bond donors (Lipinski definition) is 0. The van der Waals surface area contributed by atoms with E-state index in [0.29, 0.717) is 6.04 Å². The highest BCUT2D eigenvalue weighted by Gasteiger charge is 2.37. The molecule has 0 bridgehead atoms. The van der Waals surface area contributed by atoms with E-state index in [2.05, 4.69) is 35.3 Å². The van der Waals surface area contributed by atoms with E-state index in [0.717, 1.165) is 18.4 Å². The number of hydrazone groups is 1. The van der Waals surface area contributed by atoms with Gasteiger partial charge in [-0.3, -0.25) is 5.01 Å². The maximum Gasteiger partial charge on any atom is 0.0912 e. The molecule has 1 aromatic rings. The first-order valence-corrected chi connectivity index (χ1v) is 9.82. The second kappa shape index (κ2) is 7.07. The van der Waals surface area contributed by atoms with Gasteiger partial charge in [0.05, 0.1) is 12.6 Å². The van der Waals surface area contributed by atoms with Gasteiger partial charge in [-0.1, -0.05) is 68.9 Å². The van der Waals surface area contributed by atoms with E-state index in [9.17, 15) is 0 Å². The Kier molecular flexibility index (Phi) is 4.68. The third kappa shape index (κ3) is 3.62. The van der Waals surface area contributed by atoms with Crippen LogP contribution in [0.3, 0.4) is 0 Å². The lowest BCUT2D eigenvalue weighted by Gasteiger charge is -2.31. The predicted octanol–water partition coefficient (Wildman–Crippen LogP) is 5.56. The van der Waals surface area contributed by atoms with Crippen LogP contribution < -0.4 is 0 Å². The molecule has 1 heterocycles. The maximum atomic E-state index is 5.24. The standard InChI is InChI=1S/C21H30N2/c1-4-10-17(11-5-1)20-16-23(20)22-21(18-12-6-2-7-13-18)19-14-8-3-9-15-19/h1,4-5,10-11,18-20H,2-3,6-9,12-16H2. The van der Waals surface area contributed by atoms with Crippen LogP contribution in [0.1, 0.15) is 75.8 Å². The molecule has 0 radical (unpaired) electrons. The maximum absolute atomic E-state index is 5.24. The van der Waals surface area contributed by atoms with Crippen LogP contribution in [0.25, 0.3) is 0 Å². The Labute approximate surface area is 141 Å².